The van der Waals surface area contributed by atoms with Crippen LogP contribution >= 0.6 is 0 Å². The van der Waals surface area contributed by atoms with Crippen molar-refractivity contribution in [3.05, 3.63) is 29.8 Å². The molecule has 0 amide bonds. The van der Waals surface area contributed by atoms with Gasteiger partial charge in [0, 0.05) is 17.5 Å². The van der Waals surface area contributed by atoms with Gasteiger partial charge >= 0.3 is 0 Å². The molecule has 1 aromatic carbocycles. The zero-order valence-electron chi connectivity index (χ0n) is 11.6. The van der Waals surface area contributed by atoms with Gasteiger partial charge in [0.15, 0.2) is 0 Å². The molecule has 3 unspecified atom stereocenters. The van der Waals surface area contributed by atoms with Crippen LogP contribution in [-0.4, -0.2) is 31.1 Å². The molecular formula is C16H23NO. The first-order valence-electron chi connectivity index (χ1n) is 7.04. The molecule has 2 fully saturated rings. The number of ether oxygens (including phenoxy) is 1. The van der Waals surface area contributed by atoms with Gasteiger partial charge in [0.1, 0.15) is 5.75 Å². The molecule has 0 radical (unpaired) electrons. The summed E-state index contributed by atoms with van der Waals surface area (Å²) in [4.78, 5) is 2.59. The lowest BCUT2D eigenvalue weighted by Gasteiger charge is -2.36. The molecule has 1 aliphatic carbocycles. The van der Waals surface area contributed by atoms with E-state index in [1.807, 2.05) is 6.07 Å². The van der Waals surface area contributed by atoms with Gasteiger partial charge in [-0.1, -0.05) is 18.6 Å². The molecule has 2 nitrogen and oxygen atoms in total. The van der Waals surface area contributed by atoms with Gasteiger partial charge in [0.05, 0.1) is 7.11 Å². The molecule has 1 heterocycles. The summed E-state index contributed by atoms with van der Waals surface area (Å²) in [6, 6.07) is 10.1. The summed E-state index contributed by atoms with van der Waals surface area (Å²) in [7, 11) is 4.05. The van der Waals surface area contributed by atoms with Gasteiger partial charge in [-0.3, -0.25) is 4.90 Å². The summed E-state index contributed by atoms with van der Waals surface area (Å²) in [5.74, 6) is 0.991. The Kier molecular flexibility index (Phi) is 2.86. The highest BCUT2D eigenvalue weighted by Crippen LogP contribution is 2.51. The lowest BCUT2D eigenvalue weighted by Crippen LogP contribution is -2.38. The van der Waals surface area contributed by atoms with E-state index in [1.165, 1.54) is 31.2 Å². The van der Waals surface area contributed by atoms with E-state index in [0.717, 1.165) is 11.8 Å². The molecular weight excluding hydrogens is 222 g/mol. The van der Waals surface area contributed by atoms with Crippen molar-refractivity contribution < 1.29 is 4.74 Å². The highest BCUT2D eigenvalue weighted by molar-refractivity contribution is 5.37. The van der Waals surface area contributed by atoms with E-state index in [9.17, 15) is 0 Å². The predicted molar refractivity (Wildman–Crippen MR) is 74.2 cm³/mol. The van der Waals surface area contributed by atoms with Gasteiger partial charge in [-0.2, -0.15) is 0 Å². The van der Waals surface area contributed by atoms with Crippen LogP contribution in [0.25, 0.3) is 0 Å². The van der Waals surface area contributed by atoms with Crippen LogP contribution in [0.4, 0.5) is 0 Å². The molecule has 1 aliphatic heterocycles. The summed E-state index contributed by atoms with van der Waals surface area (Å²) in [6.45, 7) is 2.39. The Labute approximate surface area is 110 Å². The van der Waals surface area contributed by atoms with Crippen molar-refractivity contribution in [1.29, 1.82) is 0 Å². The summed E-state index contributed by atoms with van der Waals surface area (Å²) >= 11 is 0. The third-order valence-electron chi connectivity index (χ3n) is 5.39. The van der Waals surface area contributed by atoms with Gasteiger partial charge < -0.3 is 4.74 Å². The third-order valence-corrected chi connectivity index (χ3v) is 5.39. The second-order valence-corrected chi connectivity index (χ2v) is 5.98. The number of rotatable bonds is 2. The van der Waals surface area contributed by atoms with Gasteiger partial charge in [-0.05, 0) is 50.9 Å². The van der Waals surface area contributed by atoms with E-state index in [4.69, 9.17) is 4.74 Å². The molecule has 98 valence electrons. The van der Waals surface area contributed by atoms with E-state index < -0.39 is 0 Å². The van der Waals surface area contributed by atoms with Crippen LogP contribution in [0.1, 0.15) is 38.2 Å². The molecule has 0 spiro atoms. The van der Waals surface area contributed by atoms with Gasteiger partial charge in [-0.25, -0.2) is 0 Å². The maximum atomic E-state index is 5.40. The quantitative estimate of drug-likeness (QED) is 0.793. The molecule has 1 saturated heterocycles. The average molecular weight is 245 g/mol. The molecule has 0 aromatic heterocycles. The summed E-state index contributed by atoms with van der Waals surface area (Å²) in [5, 5.41) is 0. The van der Waals surface area contributed by atoms with Crippen molar-refractivity contribution in [2.45, 2.75) is 50.1 Å². The Bertz CT molecular complexity index is 444. The Morgan fingerprint density at radius 3 is 3.00 bits per heavy atom. The van der Waals surface area contributed by atoms with E-state index in [1.54, 1.807) is 7.11 Å². The first-order chi connectivity index (χ1) is 8.67. The van der Waals surface area contributed by atoms with Gasteiger partial charge in [-0.15, -0.1) is 0 Å². The summed E-state index contributed by atoms with van der Waals surface area (Å²) in [6.07, 6.45) is 5.36. The second kappa shape index (κ2) is 4.27. The molecule has 1 saturated carbocycles. The van der Waals surface area contributed by atoms with Crippen molar-refractivity contribution in [2.24, 2.45) is 0 Å². The maximum absolute atomic E-state index is 5.40. The van der Waals surface area contributed by atoms with Crippen molar-refractivity contribution in [3.8, 4) is 5.75 Å². The number of hydrogen-bond donors (Lipinski definition) is 0. The topological polar surface area (TPSA) is 12.5 Å². The maximum Gasteiger partial charge on any atom is 0.119 e. The monoisotopic (exact) mass is 245 g/mol. The number of methoxy groups -OCH3 is 1. The number of benzene rings is 1. The van der Waals surface area contributed by atoms with E-state index in [0.29, 0.717) is 11.5 Å². The summed E-state index contributed by atoms with van der Waals surface area (Å²) < 4.78 is 5.40. The largest absolute Gasteiger partial charge is 0.497 e. The molecule has 2 bridgehead atoms. The van der Waals surface area contributed by atoms with Gasteiger partial charge in [0.2, 0.25) is 0 Å². The number of hydrogen-bond acceptors (Lipinski definition) is 2. The Morgan fingerprint density at radius 2 is 2.22 bits per heavy atom. The van der Waals surface area contributed by atoms with Crippen molar-refractivity contribution >= 4 is 0 Å². The van der Waals surface area contributed by atoms with Crippen molar-refractivity contribution in [2.75, 3.05) is 14.2 Å². The molecule has 2 heteroatoms. The highest BCUT2D eigenvalue weighted by atomic mass is 16.5. The zero-order chi connectivity index (χ0) is 12.8. The molecule has 3 rings (SSSR count). The number of likely N-dealkylation sites (N-methyl/N-ethyl adjacent to an activating group) is 1. The molecule has 2 aliphatic rings. The Morgan fingerprint density at radius 1 is 1.39 bits per heavy atom. The zero-order valence-corrected chi connectivity index (χ0v) is 11.6. The third kappa shape index (κ3) is 1.58. The number of likely N-dealkylation sites (tertiary alicyclic amines) is 1. The molecule has 0 N–H and O–H groups in total. The number of fused-ring (bicyclic) bond motifs is 2. The number of nitrogens with zero attached hydrogens (tertiary/aromatic N) is 1. The fourth-order valence-electron chi connectivity index (χ4n) is 4.15. The van der Waals surface area contributed by atoms with Crippen molar-refractivity contribution in [1.82, 2.24) is 4.90 Å². The lowest BCUT2D eigenvalue weighted by molar-refractivity contribution is 0.239. The average Bonchev–Trinajstić information content (AvgIpc) is 2.61. The normalized spacial score (nSPS) is 35.7. The van der Waals surface area contributed by atoms with Crippen LogP contribution < -0.4 is 4.74 Å². The Balaban J connectivity index is 2.03. The first-order valence-corrected chi connectivity index (χ1v) is 7.04. The van der Waals surface area contributed by atoms with Crippen molar-refractivity contribution in [3.63, 3.8) is 0 Å². The van der Waals surface area contributed by atoms with Crippen LogP contribution in [0.2, 0.25) is 0 Å². The van der Waals surface area contributed by atoms with E-state index in [-0.39, 0.29) is 0 Å². The second-order valence-electron chi connectivity index (χ2n) is 5.98. The first kappa shape index (κ1) is 12.0. The molecule has 3 atom stereocenters. The van der Waals surface area contributed by atoms with Crippen LogP contribution in [0.15, 0.2) is 24.3 Å². The highest BCUT2D eigenvalue weighted by Gasteiger charge is 2.51. The van der Waals surface area contributed by atoms with Gasteiger partial charge in [0.25, 0.3) is 0 Å². The van der Waals surface area contributed by atoms with Crippen LogP contribution in [0.3, 0.4) is 0 Å². The summed E-state index contributed by atoms with van der Waals surface area (Å²) in [5.41, 5.74) is 1.83. The standard InChI is InChI=1S/C16H23NO/c1-12-16(9-5-7-14(11-16)17(12)2)13-6-4-8-15(10-13)18-3/h4,6,8,10,12,14H,5,7,9,11H2,1-3H3. The SMILES string of the molecule is COc1cccc(C23CCCC(C2)N(C)C3C)c1. The Hall–Kier alpha value is -1.02. The minimum absolute atomic E-state index is 0.353. The smallest absolute Gasteiger partial charge is 0.119 e. The van der Waals surface area contributed by atoms with Crippen LogP contribution in [0, 0.1) is 0 Å². The molecule has 18 heavy (non-hydrogen) atoms. The van der Waals surface area contributed by atoms with Crippen LogP contribution in [-0.2, 0) is 5.41 Å². The lowest BCUT2D eigenvalue weighted by atomic mass is 9.67. The predicted octanol–water partition coefficient (Wildman–Crippen LogP) is 3.21. The minimum atomic E-state index is 0.353. The minimum Gasteiger partial charge on any atom is -0.497 e. The fraction of sp³-hybridized carbons (Fsp3) is 0.625. The molecule has 1 aromatic rings. The van der Waals surface area contributed by atoms with E-state index >= 15 is 0 Å². The fourth-order valence-corrected chi connectivity index (χ4v) is 4.15. The van der Waals surface area contributed by atoms with E-state index in [2.05, 4.69) is 37.1 Å². The van der Waals surface area contributed by atoms with Crippen LogP contribution in [0.5, 0.6) is 5.75 Å².